The minimum absolute atomic E-state index is 0.0876. The van der Waals surface area contributed by atoms with Crippen molar-refractivity contribution in [3.05, 3.63) is 47.7 Å². The third-order valence-electron chi connectivity index (χ3n) is 2.39. The molecule has 0 atom stereocenters. The summed E-state index contributed by atoms with van der Waals surface area (Å²) in [5.74, 6) is 0.0876. The van der Waals surface area contributed by atoms with Gasteiger partial charge in [0.25, 0.3) is 0 Å². The zero-order chi connectivity index (χ0) is 11.8. The van der Waals surface area contributed by atoms with E-state index in [0.717, 1.165) is 30.5 Å². The number of hydrogen-bond acceptors (Lipinski definition) is 2. The highest BCUT2D eigenvalue weighted by atomic mass is 16.1. The Morgan fingerprint density at radius 3 is 2.62 bits per heavy atom. The Hall–Kier alpha value is -1.57. The van der Waals surface area contributed by atoms with Crippen molar-refractivity contribution >= 4 is 5.78 Å². The molecule has 86 valence electrons. The molecule has 0 aliphatic heterocycles. The maximum Gasteiger partial charge on any atom is 0.190 e. The summed E-state index contributed by atoms with van der Waals surface area (Å²) < 4.78 is 0. The first-order chi connectivity index (χ1) is 7.75. The van der Waals surface area contributed by atoms with Crippen LogP contribution in [0.15, 0.2) is 42.1 Å². The van der Waals surface area contributed by atoms with Gasteiger partial charge in [-0.25, -0.2) is 0 Å². The molecular formula is C14H19NO. The van der Waals surface area contributed by atoms with Gasteiger partial charge in [-0.15, -0.1) is 0 Å². The van der Waals surface area contributed by atoms with Crippen LogP contribution in [0, 0.1) is 0 Å². The SMILES string of the molecule is CCCCN/C=C(/C)C(=O)c1ccccc1. The first-order valence-electron chi connectivity index (χ1n) is 5.75. The number of nitrogens with one attached hydrogen (secondary N) is 1. The van der Waals surface area contributed by atoms with Gasteiger partial charge in [0.1, 0.15) is 0 Å². The normalized spacial score (nSPS) is 11.2. The quantitative estimate of drug-likeness (QED) is 0.450. The fraction of sp³-hybridized carbons (Fsp3) is 0.357. The van der Waals surface area contributed by atoms with Gasteiger partial charge in [-0.1, -0.05) is 43.7 Å². The highest BCUT2D eigenvalue weighted by molar-refractivity contribution is 6.08. The highest BCUT2D eigenvalue weighted by Crippen LogP contribution is 2.06. The maximum atomic E-state index is 11.9. The number of rotatable bonds is 6. The lowest BCUT2D eigenvalue weighted by Gasteiger charge is -2.03. The topological polar surface area (TPSA) is 29.1 Å². The maximum absolute atomic E-state index is 11.9. The van der Waals surface area contributed by atoms with Gasteiger partial charge < -0.3 is 5.32 Å². The molecule has 0 saturated carbocycles. The zero-order valence-electron chi connectivity index (χ0n) is 9.99. The van der Waals surface area contributed by atoms with Gasteiger partial charge in [0, 0.05) is 23.9 Å². The Balaban J connectivity index is 2.54. The molecule has 0 aromatic heterocycles. The van der Waals surface area contributed by atoms with E-state index in [-0.39, 0.29) is 5.78 Å². The average Bonchev–Trinajstić information content (AvgIpc) is 2.34. The first-order valence-corrected chi connectivity index (χ1v) is 5.75. The summed E-state index contributed by atoms with van der Waals surface area (Å²) in [7, 11) is 0. The molecule has 0 amide bonds. The third-order valence-corrected chi connectivity index (χ3v) is 2.39. The van der Waals surface area contributed by atoms with Crippen molar-refractivity contribution < 1.29 is 4.79 Å². The Morgan fingerprint density at radius 2 is 2.00 bits per heavy atom. The zero-order valence-corrected chi connectivity index (χ0v) is 9.99. The van der Waals surface area contributed by atoms with E-state index >= 15 is 0 Å². The van der Waals surface area contributed by atoms with E-state index in [1.165, 1.54) is 0 Å². The number of Topliss-reactive ketones (excluding diaryl/α,β-unsaturated/α-hetero) is 1. The third kappa shape index (κ3) is 3.89. The Labute approximate surface area is 97.4 Å². The lowest BCUT2D eigenvalue weighted by atomic mass is 10.1. The van der Waals surface area contributed by atoms with Crippen molar-refractivity contribution in [3.8, 4) is 0 Å². The predicted octanol–water partition coefficient (Wildman–Crippen LogP) is 3.16. The molecule has 0 unspecified atom stereocenters. The van der Waals surface area contributed by atoms with Crippen LogP contribution in [0.2, 0.25) is 0 Å². The summed E-state index contributed by atoms with van der Waals surface area (Å²) in [5, 5.41) is 3.15. The number of allylic oxidation sites excluding steroid dienone is 1. The van der Waals surface area contributed by atoms with E-state index in [4.69, 9.17) is 0 Å². The van der Waals surface area contributed by atoms with Crippen LogP contribution in [0.5, 0.6) is 0 Å². The lowest BCUT2D eigenvalue weighted by molar-refractivity contribution is 0.103. The standard InChI is InChI=1S/C14H19NO/c1-3-4-10-15-11-12(2)14(16)13-8-6-5-7-9-13/h5-9,11,15H,3-4,10H2,1-2H3/b12-11-. The summed E-state index contributed by atoms with van der Waals surface area (Å²) in [5.41, 5.74) is 1.50. The Kier molecular flexibility index (Phi) is 5.34. The number of carbonyl (C=O) groups is 1. The molecule has 0 fully saturated rings. The summed E-state index contributed by atoms with van der Waals surface area (Å²) in [6.07, 6.45) is 4.10. The Morgan fingerprint density at radius 1 is 1.31 bits per heavy atom. The number of hydrogen-bond donors (Lipinski definition) is 1. The minimum atomic E-state index is 0.0876. The van der Waals surface area contributed by atoms with Gasteiger partial charge in [0.15, 0.2) is 5.78 Å². The Bertz CT molecular complexity index is 354. The van der Waals surface area contributed by atoms with E-state index in [9.17, 15) is 4.79 Å². The molecule has 1 aromatic carbocycles. The summed E-state index contributed by atoms with van der Waals surface area (Å²) in [4.78, 5) is 11.9. The molecular weight excluding hydrogens is 198 g/mol. The summed E-state index contributed by atoms with van der Waals surface area (Å²) in [6, 6.07) is 9.35. The van der Waals surface area contributed by atoms with Crippen molar-refractivity contribution in [2.75, 3.05) is 6.54 Å². The van der Waals surface area contributed by atoms with Crippen LogP contribution in [-0.4, -0.2) is 12.3 Å². The molecule has 1 rings (SSSR count). The molecule has 0 aliphatic rings. The molecule has 2 heteroatoms. The fourth-order valence-corrected chi connectivity index (χ4v) is 1.39. The van der Waals surface area contributed by atoms with Gasteiger partial charge in [0.05, 0.1) is 0 Å². The average molecular weight is 217 g/mol. The largest absolute Gasteiger partial charge is 0.391 e. The van der Waals surface area contributed by atoms with E-state index in [0.29, 0.717) is 0 Å². The molecule has 0 saturated heterocycles. The van der Waals surface area contributed by atoms with E-state index < -0.39 is 0 Å². The second-order valence-corrected chi connectivity index (χ2v) is 3.83. The second kappa shape index (κ2) is 6.83. The highest BCUT2D eigenvalue weighted by Gasteiger charge is 2.06. The van der Waals surface area contributed by atoms with E-state index in [1.54, 1.807) is 0 Å². The predicted molar refractivity (Wildman–Crippen MR) is 67.4 cm³/mol. The molecule has 16 heavy (non-hydrogen) atoms. The van der Waals surface area contributed by atoms with Crippen molar-refractivity contribution in [1.82, 2.24) is 5.32 Å². The lowest BCUT2D eigenvalue weighted by Crippen LogP contribution is -2.10. The van der Waals surface area contributed by atoms with Gasteiger partial charge in [0.2, 0.25) is 0 Å². The van der Waals surface area contributed by atoms with E-state index in [1.807, 2.05) is 43.5 Å². The van der Waals surface area contributed by atoms with Gasteiger partial charge >= 0.3 is 0 Å². The van der Waals surface area contributed by atoms with Crippen LogP contribution in [0.4, 0.5) is 0 Å². The van der Waals surface area contributed by atoms with Crippen molar-refractivity contribution in [1.29, 1.82) is 0 Å². The van der Waals surface area contributed by atoms with Crippen LogP contribution >= 0.6 is 0 Å². The number of carbonyl (C=O) groups excluding carboxylic acids is 1. The van der Waals surface area contributed by atoms with Crippen molar-refractivity contribution in [2.45, 2.75) is 26.7 Å². The van der Waals surface area contributed by atoms with Gasteiger partial charge in [-0.05, 0) is 13.3 Å². The number of unbranched alkanes of at least 4 members (excludes halogenated alkanes) is 1. The van der Waals surface area contributed by atoms with Crippen LogP contribution in [0.25, 0.3) is 0 Å². The first kappa shape index (κ1) is 12.5. The molecule has 1 aromatic rings. The van der Waals surface area contributed by atoms with Gasteiger partial charge in [-0.2, -0.15) is 0 Å². The summed E-state index contributed by atoms with van der Waals surface area (Å²) in [6.45, 7) is 4.91. The second-order valence-electron chi connectivity index (χ2n) is 3.83. The monoisotopic (exact) mass is 217 g/mol. The van der Waals surface area contributed by atoms with Crippen LogP contribution in [0.3, 0.4) is 0 Å². The minimum Gasteiger partial charge on any atom is -0.391 e. The number of benzene rings is 1. The van der Waals surface area contributed by atoms with Crippen molar-refractivity contribution in [2.24, 2.45) is 0 Å². The molecule has 0 spiro atoms. The molecule has 0 heterocycles. The van der Waals surface area contributed by atoms with Crippen LogP contribution in [-0.2, 0) is 0 Å². The van der Waals surface area contributed by atoms with E-state index in [2.05, 4.69) is 12.2 Å². The fourth-order valence-electron chi connectivity index (χ4n) is 1.39. The van der Waals surface area contributed by atoms with Crippen molar-refractivity contribution in [3.63, 3.8) is 0 Å². The van der Waals surface area contributed by atoms with Gasteiger partial charge in [-0.3, -0.25) is 4.79 Å². The molecule has 0 aliphatic carbocycles. The van der Waals surface area contributed by atoms with Crippen LogP contribution < -0.4 is 5.32 Å². The number of ketones is 1. The smallest absolute Gasteiger partial charge is 0.190 e. The van der Waals surface area contributed by atoms with Crippen LogP contribution in [0.1, 0.15) is 37.0 Å². The molecule has 1 N–H and O–H groups in total. The molecule has 0 bridgehead atoms. The molecule has 0 radical (unpaired) electrons. The summed E-state index contributed by atoms with van der Waals surface area (Å²) >= 11 is 0. The molecule has 2 nitrogen and oxygen atoms in total.